The smallest absolute Gasteiger partial charge is 0.224 e. The molecule has 92 valence electrons. The molecule has 0 aliphatic carbocycles. The minimum absolute atomic E-state index is 0.00353. The average Bonchev–Trinajstić information content (AvgIpc) is 2.58. The Bertz CT molecular complexity index is 437. The van der Waals surface area contributed by atoms with Crippen molar-refractivity contribution in [3.63, 3.8) is 0 Å². The summed E-state index contributed by atoms with van der Waals surface area (Å²) in [5, 5.41) is 0. The summed E-state index contributed by atoms with van der Waals surface area (Å²) in [6, 6.07) is 4.16. The van der Waals surface area contributed by atoms with Crippen molar-refractivity contribution in [1.82, 2.24) is 4.90 Å². The number of hydrogen-bond donors (Lipinski definition) is 1. The van der Waals surface area contributed by atoms with Crippen molar-refractivity contribution in [3.8, 4) is 5.75 Å². The summed E-state index contributed by atoms with van der Waals surface area (Å²) in [5.74, 6) is 0.250. The molecule has 1 unspecified atom stereocenters. The molecule has 0 aromatic heterocycles. The van der Waals surface area contributed by atoms with E-state index in [0.717, 1.165) is 0 Å². The lowest BCUT2D eigenvalue weighted by molar-refractivity contribution is -0.128. The van der Waals surface area contributed by atoms with Crippen molar-refractivity contribution in [2.45, 2.75) is 19.0 Å². The molecular weight excluding hydrogens is 223 g/mol. The van der Waals surface area contributed by atoms with E-state index in [2.05, 4.69) is 0 Å². The molecule has 4 nitrogen and oxygen atoms in total. The van der Waals surface area contributed by atoms with Crippen molar-refractivity contribution < 1.29 is 13.9 Å². The number of carbonyl (C=O) groups is 1. The van der Waals surface area contributed by atoms with Crippen LogP contribution in [-0.4, -0.2) is 30.5 Å². The highest BCUT2D eigenvalue weighted by Crippen LogP contribution is 2.23. The highest BCUT2D eigenvalue weighted by molar-refractivity contribution is 5.79. The zero-order chi connectivity index (χ0) is 12.4. The van der Waals surface area contributed by atoms with Gasteiger partial charge in [-0.05, 0) is 18.2 Å². The number of hydrogen-bond acceptors (Lipinski definition) is 3. The standard InChI is InChI=1S/C12H15FN2O2/c1-17-11-3-2-9(13)4-8(11)6-15-7-10(14)5-12(15)16/h2-4,10H,5-7,14H2,1H3. The first kappa shape index (κ1) is 11.9. The second kappa shape index (κ2) is 4.71. The third-order valence-electron chi connectivity index (χ3n) is 2.85. The number of nitrogens with zero attached hydrogens (tertiary/aromatic N) is 1. The fraction of sp³-hybridized carbons (Fsp3) is 0.417. The monoisotopic (exact) mass is 238 g/mol. The molecule has 1 aliphatic rings. The maximum atomic E-state index is 13.1. The molecular formula is C12H15FN2O2. The first-order valence-electron chi connectivity index (χ1n) is 5.46. The lowest BCUT2D eigenvalue weighted by Crippen LogP contribution is -2.28. The third kappa shape index (κ3) is 2.55. The lowest BCUT2D eigenvalue weighted by Gasteiger charge is -2.17. The second-order valence-corrected chi connectivity index (χ2v) is 4.19. The third-order valence-corrected chi connectivity index (χ3v) is 2.85. The molecule has 1 heterocycles. The molecule has 5 heteroatoms. The van der Waals surface area contributed by atoms with Crippen LogP contribution >= 0.6 is 0 Å². The Balaban J connectivity index is 2.18. The number of nitrogens with two attached hydrogens (primary N) is 1. The van der Waals surface area contributed by atoms with E-state index in [1.807, 2.05) is 0 Å². The summed E-state index contributed by atoms with van der Waals surface area (Å²) in [6.07, 6.45) is 0.359. The topological polar surface area (TPSA) is 55.6 Å². The molecule has 0 spiro atoms. The Kier molecular flexibility index (Phi) is 3.28. The molecule has 1 atom stereocenters. The summed E-state index contributed by atoms with van der Waals surface area (Å²) in [7, 11) is 1.52. The van der Waals surface area contributed by atoms with Gasteiger partial charge in [-0.15, -0.1) is 0 Å². The predicted octanol–water partition coefficient (Wildman–Crippen LogP) is 0.894. The van der Waals surface area contributed by atoms with Crippen LogP contribution in [-0.2, 0) is 11.3 Å². The van der Waals surface area contributed by atoms with Gasteiger partial charge in [0.1, 0.15) is 11.6 Å². The zero-order valence-electron chi connectivity index (χ0n) is 9.65. The Morgan fingerprint density at radius 2 is 2.35 bits per heavy atom. The van der Waals surface area contributed by atoms with E-state index in [0.29, 0.717) is 30.8 Å². The summed E-state index contributed by atoms with van der Waals surface area (Å²) >= 11 is 0. The van der Waals surface area contributed by atoms with E-state index in [1.165, 1.54) is 19.2 Å². The molecule has 0 bridgehead atoms. The van der Waals surface area contributed by atoms with Gasteiger partial charge in [0.05, 0.1) is 7.11 Å². The SMILES string of the molecule is COc1ccc(F)cc1CN1CC(N)CC1=O. The number of halogens is 1. The van der Waals surface area contributed by atoms with Crippen LogP contribution in [0.3, 0.4) is 0 Å². The predicted molar refractivity (Wildman–Crippen MR) is 61.0 cm³/mol. The molecule has 1 fully saturated rings. The van der Waals surface area contributed by atoms with Gasteiger partial charge in [0.15, 0.2) is 0 Å². The Morgan fingerprint density at radius 3 is 2.94 bits per heavy atom. The molecule has 2 N–H and O–H groups in total. The number of amides is 1. The van der Waals surface area contributed by atoms with E-state index in [9.17, 15) is 9.18 Å². The van der Waals surface area contributed by atoms with Gasteiger partial charge in [-0.25, -0.2) is 4.39 Å². The van der Waals surface area contributed by atoms with Crippen molar-refractivity contribution in [3.05, 3.63) is 29.6 Å². The maximum absolute atomic E-state index is 13.1. The van der Waals surface area contributed by atoms with Gasteiger partial charge in [-0.3, -0.25) is 4.79 Å². The van der Waals surface area contributed by atoms with Gasteiger partial charge in [0, 0.05) is 31.1 Å². The first-order valence-corrected chi connectivity index (χ1v) is 5.46. The quantitative estimate of drug-likeness (QED) is 0.851. The Morgan fingerprint density at radius 1 is 1.59 bits per heavy atom. The van der Waals surface area contributed by atoms with Crippen LogP contribution in [0.25, 0.3) is 0 Å². The number of carbonyl (C=O) groups excluding carboxylic acids is 1. The zero-order valence-corrected chi connectivity index (χ0v) is 9.65. The first-order chi connectivity index (χ1) is 8.10. The number of ether oxygens (including phenoxy) is 1. The van der Waals surface area contributed by atoms with Crippen LogP contribution in [0.15, 0.2) is 18.2 Å². The highest BCUT2D eigenvalue weighted by Gasteiger charge is 2.27. The molecule has 1 amide bonds. The molecule has 1 aromatic carbocycles. The van der Waals surface area contributed by atoms with Gasteiger partial charge < -0.3 is 15.4 Å². The molecule has 17 heavy (non-hydrogen) atoms. The minimum Gasteiger partial charge on any atom is -0.496 e. The van der Waals surface area contributed by atoms with Gasteiger partial charge >= 0.3 is 0 Å². The van der Waals surface area contributed by atoms with E-state index in [-0.39, 0.29) is 17.8 Å². The van der Waals surface area contributed by atoms with E-state index < -0.39 is 0 Å². The summed E-state index contributed by atoms with van der Waals surface area (Å²) in [5.41, 5.74) is 6.36. The minimum atomic E-state index is -0.336. The van der Waals surface area contributed by atoms with E-state index >= 15 is 0 Å². The Labute approximate surface area is 99.2 Å². The summed E-state index contributed by atoms with van der Waals surface area (Å²) < 4.78 is 18.3. The number of methoxy groups -OCH3 is 1. The van der Waals surface area contributed by atoms with Gasteiger partial charge in [-0.1, -0.05) is 0 Å². The normalized spacial score (nSPS) is 19.8. The number of likely N-dealkylation sites (tertiary alicyclic amines) is 1. The molecule has 0 saturated carbocycles. The van der Waals surface area contributed by atoms with Crippen LogP contribution in [0.4, 0.5) is 4.39 Å². The van der Waals surface area contributed by atoms with Gasteiger partial charge in [0.25, 0.3) is 0 Å². The van der Waals surface area contributed by atoms with Crippen LogP contribution in [0, 0.1) is 5.82 Å². The molecule has 2 rings (SSSR count). The molecule has 1 aliphatic heterocycles. The summed E-state index contributed by atoms with van der Waals surface area (Å²) in [4.78, 5) is 13.2. The van der Waals surface area contributed by atoms with Gasteiger partial charge in [-0.2, -0.15) is 0 Å². The largest absolute Gasteiger partial charge is 0.496 e. The van der Waals surface area contributed by atoms with Crippen LogP contribution < -0.4 is 10.5 Å². The fourth-order valence-corrected chi connectivity index (χ4v) is 2.03. The van der Waals surface area contributed by atoms with Crippen molar-refractivity contribution in [2.24, 2.45) is 5.73 Å². The average molecular weight is 238 g/mol. The lowest BCUT2D eigenvalue weighted by atomic mass is 10.2. The van der Waals surface area contributed by atoms with Crippen molar-refractivity contribution >= 4 is 5.91 Å². The second-order valence-electron chi connectivity index (χ2n) is 4.19. The molecule has 1 saturated heterocycles. The van der Waals surface area contributed by atoms with Crippen LogP contribution in [0.1, 0.15) is 12.0 Å². The van der Waals surface area contributed by atoms with Crippen LogP contribution in [0.2, 0.25) is 0 Å². The van der Waals surface area contributed by atoms with Gasteiger partial charge in [0.2, 0.25) is 5.91 Å². The highest BCUT2D eigenvalue weighted by atomic mass is 19.1. The van der Waals surface area contributed by atoms with Crippen LogP contribution in [0.5, 0.6) is 5.75 Å². The molecule has 1 aromatic rings. The fourth-order valence-electron chi connectivity index (χ4n) is 2.03. The Hall–Kier alpha value is -1.62. The van der Waals surface area contributed by atoms with Crippen molar-refractivity contribution in [1.29, 1.82) is 0 Å². The van der Waals surface area contributed by atoms with E-state index in [1.54, 1.807) is 11.0 Å². The number of rotatable bonds is 3. The molecule has 0 radical (unpaired) electrons. The van der Waals surface area contributed by atoms with E-state index in [4.69, 9.17) is 10.5 Å². The maximum Gasteiger partial charge on any atom is 0.224 e. The number of benzene rings is 1. The van der Waals surface area contributed by atoms with Crippen molar-refractivity contribution in [2.75, 3.05) is 13.7 Å². The summed E-state index contributed by atoms with van der Waals surface area (Å²) in [6.45, 7) is 0.853.